The highest BCUT2D eigenvalue weighted by Gasteiger charge is 2.55. The molecule has 2 saturated carbocycles. The van der Waals surface area contributed by atoms with E-state index in [1.807, 2.05) is 30.3 Å². The maximum absolute atomic E-state index is 15.3. The highest BCUT2D eigenvalue weighted by molar-refractivity contribution is 6.11. The number of β-amino-alcohol motifs (C(OH)–C–C–N with tert-alkyl or cyclic N) is 1. The number of pyridine rings is 1. The van der Waals surface area contributed by atoms with Gasteiger partial charge in [0.2, 0.25) is 0 Å². The first kappa shape index (κ1) is 31.3. The van der Waals surface area contributed by atoms with E-state index >= 15 is 4.39 Å². The standard InChI is InChI=1S/C38H39FN2O6/c1-45-32-21-27-29(22-33(32)46-17-5-16-41-23-36(44)37(24-41)11-12-37)40-15-10-30(27)47-31-9-8-26(18-28(31)39)20-35(43)38(13-14-38)34(42)19-25-6-3-2-4-7-25/h2-4,6-10,15,18,21-22,36,44H,5,11-14,16-17,19-20,23-24H2,1H3. The van der Waals surface area contributed by atoms with Gasteiger partial charge in [0.25, 0.3) is 0 Å². The quantitative estimate of drug-likeness (QED) is 0.131. The third-order valence-corrected chi connectivity index (χ3v) is 10.0. The molecule has 2 aliphatic carbocycles. The summed E-state index contributed by atoms with van der Waals surface area (Å²) < 4.78 is 33.0. The maximum atomic E-state index is 15.3. The summed E-state index contributed by atoms with van der Waals surface area (Å²) in [6.45, 7) is 3.03. The largest absolute Gasteiger partial charge is 0.493 e. The number of hydrogen-bond acceptors (Lipinski definition) is 8. The number of hydrogen-bond donors (Lipinski definition) is 1. The van der Waals surface area contributed by atoms with Crippen LogP contribution in [0, 0.1) is 16.6 Å². The topological polar surface area (TPSA) is 98.2 Å². The van der Waals surface area contributed by atoms with Crippen LogP contribution in [0.25, 0.3) is 10.9 Å². The Bertz CT molecular complexity index is 1800. The molecule has 4 aromatic rings. The van der Waals surface area contributed by atoms with Gasteiger partial charge in [0, 0.05) is 55.5 Å². The minimum atomic E-state index is -0.962. The number of rotatable bonds is 14. The van der Waals surface area contributed by atoms with Gasteiger partial charge in [0.05, 0.1) is 30.8 Å². The lowest BCUT2D eigenvalue weighted by molar-refractivity contribution is -0.133. The van der Waals surface area contributed by atoms with Gasteiger partial charge in [0.1, 0.15) is 5.75 Å². The Hall–Kier alpha value is -4.34. The van der Waals surface area contributed by atoms with E-state index in [0.29, 0.717) is 53.2 Å². The van der Waals surface area contributed by atoms with E-state index in [4.69, 9.17) is 14.2 Å². The van der Waals surface area contributed by atoms with Crippen molar-refractivity contribution in [3.8, 4) is 23.0 Å². The van der Waals surface area contributed by atoms with Gasteiger partial charge in [-0.25, -0.2) is 4.39 Å². The summed E-state index contributed by atoms with van der Waals surface area (Å²) in [5.41, 5.74) is 1.16. The van der Waals surface area contributed by atoms with Gasteiger partial charge in [0.15, 0.2) is 34.6 Å². The van der Waals surface area contributed by atoms with Crippen molar-refractivity contribution in [2.24, 2.45) is 10.8 Å². The molecule has 2 heterocycles. The first-order valence-electron chi connectivity index (χ1n) is 16.4. The highest BCUT2D eigenvalue weighted by atomic mass is 19.1. The molecule has 3 aromatic carbocycles. The summed E-state index contributed by atoms with van der Waals surface area (Å²) >= 11 is 0. The van der Waals surface area contributed by atoms with Crippen LogP contribution in [0.15, 0.2) is 72.9 Å². The van der Waals surface area contributed by atoms with E-state index in [0.717, 1.165) is 44.5 Å². The lowest BCUT2D eigenvalue weighted by atomic mass is 9.88. The van der Waals surface area contributed by atoms with E-state index in [2.05, 4.69) is 9.88 Å². The SMILES string of the molecule is COc1cc2c(Oc3ccc(CC(=O)C4(C(=O)Cc5ccccc5)CC4)cc3F)ccnc2cc1OCCCN1CC(O)C2(CC2)C1. The molecule has 244 valence electrons. The molecule has 9 heteroatoms. The highest BCUT2D eigenvalue weighted by Crippen LogP contribution is 2.52. The van der Waals surface area contributed by atoms with Crippen LogP contribution >= 0.6 is 0 Å². The number of carbonyl (C=O) groups is 2. The van der Waals surface area contributed by atoms with Crippen LogP contribution in [-0.2, 0) is 22.4 Å². The van der Waals surface area contributed by atoms with Gasteiger partial charge >= 0.3 is 0 Å². The maximum Gasteiger partial charge on any atom is 0.166 e. The number of halogens is 1. The second-order valence-electron chi connectivity index (χ2n) is 13.3. The summed E-state index contributed by atoms with van der Waals surface area (Å²) in [5.74, 6) is 0.623. The Balaban J connectivity index is 0.988. The number of benzene rings is 3. The molecule has 3 aliphatic rings. The van der Waals surface area contributed by atoms with Crippen molar-refractivity contribution in [1.82, 2.24) is 9.88 Å². The Kier molecular flexibility index (Phi) is 8.45. The average Bonchev–Trinajstić information content (AvgIpc) is 4.00. The second-order valence-corrected chi connectivity index (χ2v) is 13.3. The number of nitrogens with zero attached hydrogens (tertiary/aromatic N) is 2. The molecule has 1 unspecified atom stereocenters. The number of fused-ring (bicyclic) bond motifs is 1. The zero-order valence-electron chi connectivity index (χ0n) is 26.5. The van der Waals surface area contributed by atoms with Crippen molar-refractivity contribution in [1.29, 1.82) is 0 Å². The number of Topliss-reactive ketones (excluding diaryl/α,β-unsaturated/α-hetero) is 2. The summed E-state index contributed by atoms with van der Waals surface area (Å²) in [6, 6.07) is 19.1. The van der Waals surface area contributed by atoms with Crippen LogP contribution in [0.1, 0.15) is 43.2 Å². The van der Waals surface area contributed by atoms with Gasteiger partial charge in [-0.1, -0.05) is 36.4 Å². The Labute approximate surface area is 273 Å². The molecule has 1 aliphatic heterocycles. The fourth-order valence-corrected chi connectivity index (χ4v) is 6.83. The van der Waals surface area contributed by atoms with Crippen LogP contribution in [0.2, 0.25) is 0 Å². The van der Waals surface area contributed by atoms with Crippen LogP contribution in [-0.4, -0.2) is 66.0 Å². The smallest absolute Gasteiger partial charge is 0.166 e. The zero-order chi connectivity index (χ0) is 32.6. The number of ether oxygens (including phenoxy) is 3. The molecule has 1 aromatic heterocycles. The summed E-state index contributed by atoms with van der Waals surface area (Å²) in [5, 5.41) is 10.9. The van der Waals surface area contributed by atoms with E-state index < -0.39 is 11.2 Å². The fourth-order valence-electron chi connectivity index (χ4n) is 6.83. The van der Waals surface area contributed by atoms with Crippen molar-refractivity contribution in [2.45, 2.75) is 51.0 Å². The van der Waals surface area contributed by atoms with Crippen LogP contribution in [0.4, 0.5) is 4.39 Å². The van der Waals surface area contributed by atoms with Gasteiger partial charge in [-0.3, -0.25) is 19.5 Å². The predicted octanol–water partition coefficient (Wildman–Crippen LogP) is 6.10. The van der Waals surface area contributed by atoms with Crippen molar-refractivity contribution in [3.63, 3.8) is 0 Å². The first-order valence-corrected chi connectivity index (χ1v) is 16.4. The molecule has 0 radical (unpaired) electrons. The number of aliphatic hydroxyl groups is 1. The number of aliphatic hydroxyl groups excluding tert-OH is 1. The second kappa shape index (κ2) is 12.7. The molecule has 1 spiro atoms. The molecule has 0 bridgehead atoms. The Morgan fingerprint density at radius 2 is 1.68 bits per heavy atom. The molecule has 7 rings (SSSR count). The predicted molar refractivity (Wildman–Crippen MR) is 175 cm³/mol. The number of aromatic nitrogens is 1. The molecule has 3 fully saturated rings. The van der Waals surface area contributed by atoms with Crippen molar-refractivity contribution >= 4 is 22.5 Å². The van der Waals surface area contributed by atoms with E-state index in [1.165, 1.54) is 12.1 Å². The lowest BCUT2D eigenvalue weighted by Gasteiger charge is -2.17. The number of likely N-dealkylation sites (tertiary alicyclic amines) is 1. The molecule has 1 saturated heterocycles. The molecule has 0 amide bonds. The number of ketones is 2. The van der Waals surface area contributed by atoms with Gasteiger partial charge in [-0.05, 0) is 67.5 Å². The third-order valence-electron chi connectivity index (χ3n) is 10.0. The fraction of sp³-hybridized carbons (Fsp3) is 0.395. The number of methoxy groups -OCH3 is 1. The first-order chi connectivity index (χ1) is 22.8. The minimum Gasteiger partial charge on any atom is -0.493 e. The van der Waals surface area contributed by atoms with E-state index in [-0.39, 0.29) is 41.7 Å². The molecule has 1 N–H and O–H groups in total. The number of carbonyl (C=O) groups excluding carboxylic acids is 2. The lowest BCUT2D eigenvalue weighted by Crippen LogP contribution is -2.28. The van der Waals surface area contributed by atoms with Crippen LogP contribution < -0.4 is 14.2 Å². The minimum absolute atomic E-state index is 0.00860. The molecular formula is C38H39FN2O6. The summed E-state index contributed by atoms with van der Waals surface area (Å²) in [6.07, 6.45) is 5.70. The molecule has 8 nitrogen and oxygen atoms in total. The van der Waals surface area contributed by atoms with Gasteiger partial charge < -0.3 is 19.3 Å². The normalized spacial score (nSPS) is 19.1. The van der Waals surface area contributed by atoms with E-state index in [1.54, 1.807) is 37.6 Å². The summed E-state index contributed by atoms with van der Waals surface area (Å²) in [4.78, 5) is 33.0. The average molecular weight is 639 g/mol. The molecule has 1 atom stereocenters. The van der Waals surface area contributed by atoms with Crippen LogP contribution in [0.3, 0.4) is 0 Å². The zero-order valence-corrected chi connectivity index (χ0v) is 26.5. The van der Waals surface area contributed by atoms with E-state index in [9.17, 15) is 14.7 Å². The molecular weight excluding hydrogens is 599 g/mol. The Morgan fingerprint density at radius 1 is 0.915 bits per heavy atom. The van der Waals surface area contributed by atoms with Crippen molar-refractivity contribution in [3.05, 3.63) is 89.9 Å². The van der Waals surface area contributed by atoms with Crippen molar-refractivity contribution < 1.29 is 33.3 Å². The van der Waals surface area contributed by atoms with Crippen LogP contribution in [0.5, 0.6) is 23.0 Å². The van der Waals surface area contributed by atoms with Crippen molar-refractivity contribution in [2.75, 3.05) is 33.4 Å². The monoisotopic (exact) mass is 638 g/mol. The van der Waals surface area contributed by atoms with Gasteiger partial charge in [-0.15, -0.1) is 0 Å². The summed E-state index contributed by atoms with van der Waals surface area (Å²) in [7, 11) is 1.56. The van der Waals surface area contributed by atoms with Gasteiger partial charge in [-0.2, -0.15) is 0 Å². The Morgan fingerprint density at radius 3 is 2.36 bits per heavy atom. The third kappa shape index (κ3) is 6.47. The molecule has 47 heavy (non-hydrogen) atoms.